The van der Waals surface area contributed by atoms with E-state index in [2.05, 4.69) is 5.11 Å². The average Bonchev–Trinajstić information content (AvgIpc) is 2.32. The van der Waals surface area contributed by atoms with Crippen LogP contribution in [0.3, 0.4) is 0 Å². The van der Waals surface area contributed by atoms with Crippen LogP contribution >= 0.6 is 0 Å². The first kappa shape index (κ1) is 12.0. The fraction of sp³-hybridized carbons (Fsp3) is 0.714. The van der Waals surface area contributed by atoms with Gasteiger partial charge in [-0.3, -0.25) is 0 Å². The van der Waals surface area contributed by atoms with Crippen molar-refractivity contribution in [2.45, 2.75) is 30.5 Å². The Bertz CT molecular complexity index is 247. The third-order valence-corrected chi connectivity index (χ3v) is 1.75. The number of hydrogen-bond acceptors (Lipinski definition) is 8. The summed E-state index contributed by atoms with van der Waals surface area (Å²) >= 11 is 0. The Balaban J connectivity index is 4.53. The molecule has 0 aromatic carbocycles. The second kappa shape index (κ2) is 5.73. The van der Waals surface area contributed by atoms with Crippen LogP contribution in [0.4, 0.5) is 0 Å². The van der Waals surface area contributed by atoms with Crippen LogP contribution in [0.25, 0.3) is 1.43 Å². The fourth-order valence-corrected chi connectivity index (χ4v) is 0.811. The van der Waals surface area contributed by atoms with E-state index in [0.29, 0.717) is 0 Å². The molecule has 8 heteroatoms. The topological polar surface area (TPSA) is 156 Å². The molecule has 0 aliphatic heterocycles. The number of aliphatic hydroxyl groups excluding tert-OH is 5. The molecule has 0 rings (SSSR count). The Morgan fingerprint density at radius 1 is 1.07 bits per heavy atom. The molecule has 8 nitrogen and oxygen atoms in total. The van der Waals surface area contributed by atoms with Gasteiger partial charge in [0.15, 0.2) is 12.4 Å². The first-order valence-corrected chi connectivity index (χ1v) is 3.89. The van der Waals surface area contributed by atoms with Crippen LogP contribution in [-0.4, -0.2) is 73.4 Å². The van der Waals surface area contributed by atoms with Crippen LogP contribution in [0.1, 0.15) is 0 Å². The summed E-state index contributed by atoms with van der Waals surface area (Å²) in [5, 5.41) is 48.4. The van der Waals surface area contributed by atoms with Crippen molar-refractivity contribution in [2.75, 3.05) is 0 Å². The van der Waals surface area contributed by atoms with Crippen LogP contribution in [0.15, 0.2) is 0 Å². The van der Waals surface area contributed by atoms with Crippen molar-refractivity contribution < 1.29 is 40.2 Å². The third-order valence-electron chi connectivity index (χ3n) is 1.75. The monoisotopic (exact) mass is 225 g/mol. The summed E-state index contributed by atoms with van der Waals surface area (Å²) < 4.78 is 6.13. The van der Waals surface area contributed by atoms with Crippen molar-refractivity contribution in [3.8, 4) is 0 Å². The van der Waals surface area contributed by atoms with Gasteiger partial charge in [-0.05, 0) is 0 Å². The van der Waals surface area contributed by atoms with E-state index in [-0.39, 0.29) is 6.29 Å². The van der Waals surface area contributed by atoms with E-state index in [1.807, 2.05) is 0 Å². The van der Waals surface area contributed by atoms with Gasteiger partial charge in [-0.25, -0.2) is 4.79 Å². The lowest BCUT2D eigenvalue weighted by molar-refractivity contribution is -0.168. The molecule has 0 fully saturated rings. The molecule has 0 aliphatic carbocycles. The fourth-order valence-electron chi connectivity index (χ4n) is 0.811. The molecule has 0 saturated carbocycles. The normalized spacial score (nSPS) is 21.8. The van der Waals surface area contributed by atoms with Crippen molar-refractivity contribution >= 4 is 12.3 Å². The highest BCUT2D eigenvalue weighted by Crippen LogP contribution is 2.07. The van der Waals surface area contributed by atoms with Gasteiger partial charge >= 0.3 is 5.97 Å². The summed E-state index contributed by atoms with van der Waals surface area (Å²) in [5.41, 5.74) is 0. The maximum absolute atomic E-state index is 10.6. The van der Waals surface area contributed by atoms with Gasteiger partial charge in [0.25, 0.3) is 1.43 Å². The molecule has 0 aromatic rings. The lowest BCUT2D eigenvalue weighted by Gasteiger charge is -2.25. The number of carboxylic acid groups (broad SMARTS) is 1. The smallest absolute Gasteiger partial charge is 0.335 e. The van der Waals surface area contributed by atoms with Crippen LogP contribution in [0.2, 0.25) is 0 Å². The second-order valence-corrected chi connectivity index (χ2v) is 2.86. The molecule has 6 N–H and O–H groups in total. The van der Waals surface area contributed by atoms with E-state index in [1.165, 1.54) is 0 Å². The van der Waals surface area contributed by atoms with E-state index in [9.17, 15) is 9.59 Å². The summed E-state index contributed by atoms with van der Waals surface area (Å²) in [6.07, 6.45) is -10.8. The molecule has 0 heterocycles. The summed E-state index contributed by atoms with van der Waals surface area (Å²) in [7, 11) is 0. The van der Waals surface area contributed by atoms with Gasteiger partial charge < -0.3 is 35.4 Å². The zero-order chi connectivity index (χ0) is 12.9. The lowest BCUT2D eigenvalue weighted by Crippen LogP contribution is -2.51. The minimum atomic E-state index is -2.28. The minimum absolute atomic E-state index is 0.101. The van der Waals surface area contributed by atoms with Crippen molar-refractivity contribution in [2.24, 2.45) is 0 Å². The first-order chi connectivity index (χ1) is 7.36. The number of aldehydes is 1. The number of carbonyl (C=O) groups excluding carboxylic acids is 1. The second-order valence-electron chi connectivity index (χ2n) is 2.86. The number of rotatable bonds is 6. The van der Waals surface area contributed by atoms with Crippen LogP contribution < -0.4 is 0 Å². The summed E-state index contributed by atoms with van der Waals surface area (Å²) in [4.78, 5) is 20.6. The molecule has 0 amide bonds. The molecule has 0 spiro atoms. The van der Waals surface area contributed by atoms with Gasteiger partial charge in [-0.15, -0.1) is 0 Å². The molecular weight excluding hydrogens is 212 g/mol. The van der Waals surface area contributed by atoms with Gasteiger partial charge in [0.2, 0.25) is 0 Å². The van der Waals surface area contributed by atoms with Crippen molar-refractivity contribution in [3.63, 3.8) is 0 Å². The van der Waals surface area contributed by atoms with E-state index >= 15 is 0 Å². The Kier molecular flexibility index (Phi) is 4.59. The van der Waals surface area contributed by atoms with E-state index in [0.717, 1.165) is 0 Å². The van der Waals surface area contributed by atoms with E-state index < -0.39 is 36.5 Å². The Labute approximate surface area is 85.5 Å². The summed E-state index contributed by atoms with van der Waals surface area (Å²) in [6.45, 7) is 0. The maximum Gasteiger partial charge on any atom is 0.335 e. The molecule has 88 valence electrons. The predicted octanol–water partition coefficient (Wildman–Crippen LogP) is -3.93. The Hall–Kier alpha value is -1.06. The van der Waals surface area contributed by atoms with E-state index in [1.54, 1.807) is 0 Å². The highest BCUT2D eigenvalue weighted by molar-refractivity contribution is 5.72. The first-order valence-electron chi connectivity index (χ1n) is 4.30. The predicted molar refractivity (Wildman–Crippen MR) is 43.7 cm³/mol. The highest BCUT2D eigenvalue weighted by Gasteiger charge is 2.37. The Morgan fingerprint density at radius 3 is 2.00 bits per heavy atom. The molecule has 0 aliphatic rings. The van der Waals surface area contributed by atoms with Gasteiger partial charge in [0.1, 0.15) is 24.4 Å². The number of aliphatic hydroxyl groups is 5. The van der Waals surface area contributed by atoms with Gasteiger partial charge in [0.05, 0.1) is 0 Å². The molecule has 0 saturated heterocycles. The zero-order valence-corrected chi connectivity index (χ0v) is 7.42. The number of hydrogen-bond donors (Lipinski definition) is 6. The van der Waals surface area contributed by atoms with Crippen LogP contribution in [0, 0.1) is 0 Å². The van der Waals surface area contributed by atoms with Crippen molar-refractivity contribution in [3.05, 3.63) is 0 Å². The van der Waals surface area contributed by atoms with Crippen LogP contribution in [0.5, 0.6) is 0 Å². The SMILES string of the molecule is [2H]OC(=O)C(O)[C@@H](O)[C@@H](O)[C@H](O)[C@@H](O)C=O. The summed E-state index contributed by atoms with van der Waals surface area (Å²) in [5.74, 6) is -1.56. The molecule has 5 atom stereocenters. The number of aliphatic carboxylic acids is 1. The minimum Gasteiger partial charge on any atom is -0.479 e. The molecule has 0 bridgehead atoms. The van der Waals surface area contributed by atoms with E-state index in [4.69, 9.17) is 27.0 Å². The number of carboxylic acids is 1. The molecule has 0 aromatic heterocycles. The number of carbonyl (C=O) groups is 2. The zero-order valence-electron chi connectivity index (χ0n) is 8.42. The van der Waals surface area contributed by atoms with Gasteiger partial charge in [0, 0.05) is 0 Å². The Morgan fingerprint density at radius 2 is 1.60 bits per heavy atom. The molecular formula is C7H12O8. The average molecular weight is 225 g/mol. The maximum atomic E-state index is 10.6. The highest BCUT2D eigenvalue weighted by atomic mass is 16.4. The van der Waals surface area contributed by atoms with Gasteiger partial charge in [-0.1, -0.05) is 0 Å². The standard InChI is InChI=1S/C7H12O8/c8-1-2(9)3(10)4(11)5(12)6(13)7(14)15/h1-6,9-13H,(H,14,15)/t2-,3+,4-,5-,6?/m0/s1/i/hD. The van der Waals surface area contributed by atoms with Gasteiger partial charge in [-0.2, -0.15) is 0 Å². The molecule has 15 heavy (non-hydrogen) atoms. The third kappa shape index (κ3) is 3.53. The molecule has 0 radical (unpaired) electrons. The quantitative estimate of drug-likeness (QED) is 0.250. The largest absolute Gasteiger partial charge is 0.479 e. The summed E-state index contributed by atoms with van der Waals surface area (Å²) in [6, 6.07) is 0. The van der Waals surface area contributed by atoms with Crippen LogP contribution in [-0.2, 0) is 9.59 Å². The van der Waals surface area contributed by atoms with Crippen molar-refractivity contribution in [1.29, 1.82) is 1.43 Å². The lowest BCUT2D eigenvalue weighted by atomic mass is 10.00. The molecule has 1 unspecified atom stereocenters. The van der Waals surface area contributed by atoms with Crippen molar-refractivity contribution in [1.82, 2.24) is 0 Å².